The van der Waals surface area contributed by atoms with E-state index in [9.17, 15) is 18.0 Å². The topological polar surface area (TPSA) is 105 Å². The van der Waals surface area contributed by atoms with Crippen molar-refractivity contribution >= 4 is 27.5 Å². The van der Waals surface area contributed by atoms with Crippen LogP contribution in [0, 0.1) is 13.8 Å². The lowest BCUT2D eigenvalue weighted by molar-refractivity contribution is -0.140. The summed E-state index contributed by atoms with van der Waals surface area (Å²) in [5, 5.41) is 2.90. The number of nitrogens with zero attached hydrogens (tertiary/aromatic N) is 2. The molecule has 0 fully saturated rings. The Labute approximate surface area is 249 Å². The fourth-order valence-corrected chi connectivity index (χ4v) is 6.07. The van der Waals surface area contributed by atoms with E-state index in [-0.39, 0.29) is 34.8 Å². The fourth-order valence-electron chi connectivity index (χ4n) is 4.65. The van der Waals surface area contributed by atoms with Gasteiger partial charge in [0, 0.05) is 18.7 Å². The van der Waals surface area contributed by atoms with Crippen molar-refractivity contribution < 1.29 is 27.5 Å². The van der Waals surface area contributed by atoms with E-state index in [1.54, 1.807) is 24.3 Å². The Kier molecular flexibility index (Phi) is 11.0. The lowest BCUT2D eigenvalue weighted by Crippen LogP contribution is -2.53. The zero-order chi connectivity index (χ0) is 31.0. The largest absolute Gasteiger partial charge is 0.497 e. The number of carbonyl (C=O) groups excluding carboxylic acids is 2. The maximum Gasteiger partial charge on any atom is 0.264 e. The van der Waals surface area contributed by atoms with Gasteiger partial charge in [-0.3, -0.25) is 13.9 Å². The van der Waals surface area contributed by atoms with Gasteiger partial charge in [0.25, 0.3) is 10.0 Å². The molecule has 9 nitrogen and oxygen atoms in total. The molecule has 2 amide bonds. The van der Waals surface area contributed by atoms with Gasteiger partial charge in [0.1, 0.15) is 24.1 Å². The summed E-state index contributed by atoms with van der Waals surface area (Å²) in [5.74, 6) is -0.209. The third kappa shape index (κ3) is 7.82. The van der Waals surface area contributed by atoms with E-state index in [1.165, 1.54) is 37.3 Å². The fraction of sp³-hybridized carbons (Fsp3) is 0.375. The second kappa shape index (κ2) is 14.2. The number of aryl methyl sites for hydroxylation is 2. The first-order chi connectivity index (χ1) is 19.9. The smallest absolute Gasteiger partial charge is 0.264 e. The van der Waals surface area contributed by atoms with Crippen LogP contribution in [0.25, 0.3) is 0 Å². The molecule has 0 heterocycles. The number of benzene rings is 3. The normalized spacial score (nSPS) is 12.0. The van der Waals surface area contributed by atoms with E-state index in [0.717, 1.165) is 21.0 Å². The number of carbonyl (C=O) groups is 2. The second-order valence-corrected chi connectivity index (χ2v) is 12.3. The lowest BCUT2D eigenvalue weighted by atomic mass is 10.1. The van der Waals surface area contributed by atoms with Crippen LogP contribution in [0.1, 0.15) is 43.9 Å². The maximum atomic E-state index is 14.3. The van der Waals surface area contributed by atoms with E-state index in [2.05, 4.69) is 5.32 Å². The summed E-state index contributed by atoms with van der Waals surface area (Å²) in [5.41, 5.74) is 2.86. The van der Waals surface area contributed by atoms with Gasteiger partial charge in [-0.15, -0.1) is 0 Å². The lowest BCUT2D eigenvalue weighted by Gasteiger charge is -2.34. The van der Waals surface area contributed by atoms with Crippen molar-refractivity contribution in [2.75, 3.05) is 25.1 Å². The predicted octanol–water partition coefficient (Wildman–Crippen LogP) is 4.85. The zero-order valence-corrected chi connectivity index (χ0v) is 26.2. The summed E-state index contributed by atoms with van der Waals surface area (Å²) in [4.78, 5) is 29.0. The minimum Gasteiger partial charge on any atom is -0.497 e. The van der Waals surface area contributed by atoms with Crippen molar-refractivity contribution in [3.8, 4) is 11.5 Å². The number of hydrogen-bond acceptors (Lipinski definition) is 6. The number of methoxy groups -OCH3 is 2. The molecule has 0 unspecified atom stereocenters. The second-order valence-electron chi connectivity index (χ2n) is 10.5. The van der Waals surface area contributed by atoms with Crippen molar-refractivity contribution in [1.29, 1.82) is 0 Å². The Morgan fingerprint density at radius 1 is 0.905 bits per heavy atom. The molecular formula is C32H41N3O6S. The number of amides is 2. The van der Waals surface area contributed by atoms with Crippen LogP contribution >= 0.6 is 0 Å². The third-order valence-corrected chi connectivity index (χ3v) is 8.57. The van der Waals surface area contributed by atoms with Gasteiger partial charge in [0.2, 0.25) is 11.8 Å². The van der Waals surface area contributed by atoms with E-state index in [4.69, 9.17) is 9.47 Å². The van der Waals surface area contributed by atoms with Gasteiger partial charge in [-0.2, -0.15) is 0 Å². The number of hydrogen-bond donors (Lipinski definition) is 1. The Morgan fingerprint density at radius 3 is 2.17 bits per heavy atom. The van der Waals surface area contributed by atoms with E-state index in [1.807, 2.05) is 58.9 Å². The zero-order valence-electron chi connectivity index (χ0n) is 25.4. The molecule has 0 aromatic heterocycles. The average molecular weight is 596 g/mol. The van der Waals surface area contributed by atoms with Gasteiger partial charge in [-0.05, 0) is 63.9 Å². The monoisotopic (exact) mass is 595 g/mol. The van der Waals surface area contributed by atoms with Crippen LogP contribution in [-0.4, -0.2) is 58.0 Å². The molecule has 3 aromatic carbocycles. The minimum absolute atomic E-state index is 0.0144. The van der Waals surface area contributed by atoms with Crippen molar-refractivity contribution in [3.05, 3.63) is 83.4 Å². The molecule has 1 N–H and O–H groups in total. The van der Waals surface area contributed by atoms with Crippen molar-refractivity contribution in [2.45, 2.75) is 64.6 Å². The Balaban J connectivity index is 2.16. The SMILES string of the molecule is CC[C@H](C(=O)NC(C)C)N(Cc1cccc(C)c1)C(=O)CN(c1cc(OC)ccc1OC)S(=O)(=O)c1ccc(C)cc1. The van der Waals surface area contributed by atoms with E-state index in [0.29, 0.717) is 12.2 Å². The highest BCUT2D eigenvalue weighted by Crippen LogP contribution is 2.36. The van der Waals surface area contributed by atoms with Crippen LogP contribution in [-0.2, 0) is 26.2 Å². The molecule has 0 saturated carbocycles. The van der Waals surface area contributed by atoms with Crippen molar-refractivity contribution in [3.63, 3.8) is 0 Å². The first-order valence-corrected chi connectivity index (χ1v) is 15.3. The number of ether oxygens (including phenoxy) is 2. The summed E-state index contributed by atoms with van der Waals surface area (Å²) in [6.45, 7) is 8.88. The van der Waals surface area contributed by atoms with Crippen LogP contribution in [0.5, 0.6) is 11.5 Å². The van der Waals surface area contributed by atoms with Gasteiger partial charge in [0.05, 0.1) is 24.8 Å². The van der Waals surface area contributed by atoms with Crippen LogP contribution in [0.3, 0.4) is 0 Å². The quantitative estimate of drug-likeness (QED) is 0.303. The molecule has 0 spiro atoms. The van der Waals surface area contributed by atoms with Gasteiger partial charge in [0.15, 0.2) is 0 Å². The van der Waals surface area contributed by atoms with Crippen LogP contribution in [0.15, 0.2) is 71.6 Å². The summed E-state index contributed by atoms with van der Waals surface area (Å²) in [6.07, 6.45) is 0.337. The molecule has 0 aliphatic carbocycles. The average Bonchev–Trinajstić information content (AvgIpc) is 2.95. The molecule has 1 atom stereocenters. The molecule has 0 saturated heterocycles. The van der Waals surface area contributed by atoms with Crippen LogP contribution in [0.4, 0.5) is 5.69 Å². The molecule has 10 heteroatoms. The summed E-state index contributed by atoms with van der Waals surface area (Å²) < 4.78 is 40.3. The molecule has 0 bridgehead atoms. The number of sulfonamides is 1. The van der Waals surface area contributed by atoms with E-state index < -0.39 is 28.5 Å². The van der Waals surface area contributed by atoms with Crippen molar-refractivity contribution in [2.24, 2.45) is 0 Å². The Bertz CT molecular complexity index is 1490. The Hall–Kier alpha value is -4.05. The van der Waals surface area contributed by atoms with Crippen molar-refractivity contribution in [1.82, 2.24) is 10.2 Å². The molecule has 3 rings (SSSR count). The highest BCUT2D eigenvalue weighted by molar-refractivity contribution is 7.92. The minimum atomic E-state index is -4.26. The first kappa shape index (κ1) is 32.5. The molecule has 226 valence electrons. The number of rotatable bonds is 13. The van der Waals surface area contributed by atoms with Crippen LogP contribution in [0.2, 0.25) is 0 Å². The Morgan fingerprint density at radius 2 is 1.60 bits per heavy atom. The molecule has 3 aromatic rings. The highest BCUT2D eigenvalue weighted by atomic mass is 32.2. The molecule has 0 aliphatic heterocycles. The molecule has 0 radical (unpaired) electrons. The summed E-state index contributed by atoms with van der Waals surface area (Å²) in [7, 11) is -1.36. The summed E-state index contributed by atoms with van der Waals surface area (Å²) in [6, 6.07) is 17.9. The standard InChI is InChI=1S/C32H41N3O6S/c1-8-28(32(37)33-22(2)3)34(20-25-11-9-10-24(5)18-25)31(36)21-35(29-19-26(40-6)14-17-30(29)41-7)42(38,39)27-15-12-23(4)13-16-27/h9-19,22,28H,8,20-21H2,1-7H3,(H,33,37)/t28-/m1/s1. The number of anilines is 1. The van der Waals surface area contributed by atoms with Gasteiger partial charge in [-0.25, -0.2) is 8.42 Å². The number of nitrogens with one attached hydrogen (secondary N) is 1. The summed E-state index contributed by atoms with van der Waals surface area (Å²) >= 11 is 0. The maximum absolute atomic E-state index is 14.3. The first-order valence-electron chi connectivity index (χ1n) is 13.9. The van der Waals surface area contributed by atoms with Crippen LogP contribution < -0.4 is 19.1 Å². The van der Waals surface area contributed by atoms with Gasteiger partial charge >= 0.3 is 0 Å². The van der Waals surface area contributed by atoms with Gasteiger partial charge < -0.3 is 19.7 Å². The third-order valence-electron chi connectivity index (χ3n) is 6.79. The molecule has 0 aliphatic rings. The predicted molar refractivity (Wildman–Crippen MR) is 164 cm³/mol. The van der Waals surface area contributed by atoms with E-state index >= 15 is 0 Å². The highest BCUT2D eigenvalue weighted by Gasteiger charge is 2.35. The molecule has 42 heavy (non-hydrogen) atoms. The van der Waals surface area contributed by atoms with Gasteiger partial charge in [-0.1, -0.05) is 54.4 Å². The molecular weight excluding hydrogens is 554 g/mol.